The minimum atomic E-state index is -3.51. The Morgan fingerprint density at radius 1 is 1.47 bits per heavy atom. The molecule has 2 N–H and O–H groups in total. The molecule has 2 atom stereocenters. The number of hydrogen-bond donors (Lipinski definition) is 1. The number of aryl methyl sites for hydroxylation is 1. The standard InChI is InChI=1S/C10H18N4O2S/c1-7-4-8(2)14(5-7)17(15,16)9-6-13(3)12-10(9)11/h6-8H,4-5H2,1-3H3,(H2,11,12). The molecule has 1 aliphatic heterocycles. The van der Waals surface area contributed by atoms with Crippen LogP contribution in [0.1, 0.15) is 20.3 Å². The molecule has 2 heterocycles. The lowest BCUT2D eigenvalue weighted by Gasteiger charge is -2.20. The number of rotatable bonds is 2. The molecule has 0 radical (unpaired) electrons. The van der Waals surface area contributed by atoms with Crippen molar-refractivity contribution < 1.29 is 8.42 Å². The molecule has 1 fully saturated rings. The van der Waals surface area contributed by atoms with Crippen molar-refractivity contribution in [1.29, 1.82) is 0 Å². The van der Waals surface area contributed by atoms with Crippen molar-refractivity contribution >= 4 is 15.8 Å². The van der Waals surface area contributed by atoms with Crippen LogP contribution in [0.3, 0.4) is 0 Å². The van der Waals surface area contributed by atoms with Crippen molar-refractivity contribution in [3.63, 3.8) is 0 Å². The molecule has 1 aromatic rings. The molecule has 0 bridgehead atoms. The van der Waals surface area contributed by atoms with Gasteiger partial charge in [0.2, 0.25) is 10.0 Å². The van der Waals surface area contributed by atoms with Crippen molar-refractivity contribution in [2.75, 3.05) is 12.3 Å². The third-order valence-electron chi connectivity index (χ3n) is 3.14. The molecular weight excluding hydrogens is 240 g/mol. The van der Waals surface area contributed by atoms with E-state index in [-0.39, 0.29) is 16.8 Å². The molecule has 2 rings (SSSR count). The highest BCUT2D eigenvalue weighted by Crippen LogP contribution is 2.30. The maximum absolute atomic E-state index is 12.4. The molecule has 7 heteroatoms. The molecule has 0 spiro atoms. The van der Waals surface area contributed by atoms with Gasteiger partial charge in [-0.1, -0.05) is 6.92 Å². The summed E-state index contributed by atoms with van der Waals surface area (Å²) in [5.41, 5.74) is 5.64. The molecule has 0 amide bonds. The van der Waals surface area contributed by atoms with Crippen LogP contribution < -0.4 is 5.73 Å². The first kappa shape index (κ1) is 12.4. The van der Waals surface area contributed by atoms with E-state index >= 15 is 0 Å². The van der Waals surface area contributed by atoms with E-state index in [0.717, 1.165) is 6.42 Å². The van der Waals surface area contributed by atoms with Crippen LogP contribution >= 0.6 is 0 Å². The summed E-state index contributed by atoms with van der Waals surface area (Å²) in [6, 6.07) is 0.0228. The van der Waals surface area contributed by atoms with Gasteiger partial charge >= 0.3 is 0 Å². The molecule has 0 aliphatic carbocycles. The summed E-state index contributed by atoms with van der Waals surface area (Å²) in [4.78, 5) is 0.112. The van der Waals surface area contributed by atoms with Gasteiger partial charge in [-0.2, -0.15) is 9.40 Å². The summed E-state index contributed by atoms with van der Waals surface area (Å²) in [6.45, 7) is 4.53. The van der Waals surface area contributed by atoms with E-state index in [2.05, 4.69) is 12.0 Å². The summed E-state index contributed by atoms with van der Waals surface area (Å²) in [5.74, 6) is 0.455. The summed E-state index contributed by atoms with van der Waals surface area (Å²) in [6.07, 6.45) is 2.35. The van der Waals surface area contributed by atoms with Crippen molar-refractivity contribution in [1.82, 2.24) is 14.1 Å². The van der Waals surface area contributed by atoms with E-state index in [9.17, 15) is 8.42 Å². The predicted molar refractivity (Wildman–Crippen MR) is 64.8 cm³/mol. The van der Waals surface area contributed by atoms with E-state index in [1.165, 1.54) is 15.2 Å². The van der Waals surface area contributed by atoms with Gasteiger partial charge in [-0.05, 0) is 19.3 Å². The predicted octanol–water partition coefficient (Wildman–Crippen LogP) is 0.421. The van der Waals surface area contributed by atoms with Crippen molar-refractivity contribution in [2.24, 2.45) is 13.0 Å². The van der Waals surface area contributed by atoms with Crippen LogP contribution in [0.4, 0.5) is 5.82 Å². The van der Waals surface area contributed by atoms with E-state index in [4.69, 9.17) is 5.73 Å². The van der Waals surface area contributed by atoms with E-state index < -0.39 is 10.0 Å². The highest BCUT2D eigenvalue weighted by molar-refractivity contribution is 7.89. The zero-order valence-electron chi connectivity index (χ0n) is 10.3. The average molecular weight is 258 g/mol. The second kappa shape index (κ2) is 3.99. The number of aromatic nitrogens is 2. The Bertz CT molecular complexity index is 522. The summed E-state index contributed by atoms with van der Waals surface area (Å²) in [7, 11) is -1.85. The van der Waals surface area contributed by atoms with Crippen LogP contribution in [-0.2, 0) is 17.1 Å². The number of hydrogen-bond acceptors (Lipinski definition) is 4. The monoisotopic (exact) mass is 258 g/mol. The Morgan fingerprint density at radius 2 is 2.12 bits per heavy atom. The largest absolute Gasteiger partial charge is 0.381 e. The van der Waals surface area contributed by atoms with E-state index in [1.54, 1.807) is 7.05 Å². The number of sulfonamides is 1. The number of nitrogens with zero attached hydrogens (tertiary/aromatic N) is 3. The second-order valence-corrected chi connectivity index (χ2v) is 6.68. The molecule has 17 heavy (non-hydrogen) atoms. The SMILES string of the molecule is CC1CC(C)N(S(=O)(=O)c2cn(C)nc2N)C1. The van der Waals surface area contributed by atoms with Gasteiger partial charge in [0, 0.05) is 25.8 Å². The van der Waals surface area contributed by atoms with Gasteiger partial charge in [0.15, 0.2) is 5.82 Å². The van der Waals surface area contributed by atoms with Crippen LogP contribution in [-0.4, -0.2) is 35.1 Å². The lowest BCUT2D eigenvalue weighted by atomic mass is 10.1. The van der Waals surface area contributed by atoms with E-state index in [0.29, 0.717) is 12.5 Å². The van der Waals surface area contributed by atoms with Crippen molar-refractivity contribution in [2.45, 2.75) is 31.2 Å². The van der Waals surface area contributed by atoms with Gasteiger partial charge in [0.25, 0.3) is 0 Å². The summed E-state index contributed by atoms with van der Waals surface area (Å²) in [5, 5.41) is 3.88. The highest BCUT2D eigenvalue weighted by atomic mass is 32.2. The van der Waals surface area contributed by atoms with Crippen LogP contribution in [0.5, 0.6) is 0 Å². The Morgan fingerprint density at radius 3 is 2.53 bits per heavy atom. The maximum Gasteiger partial charge on any atom is 0.248 e. The van der Waals surface area contributed by atoms with Gasteiger partial charge in [-0.15, -0.1) is 0 Å². The third kappa shape index (κ3) is 2.04. The van der Waals surface area contributed by atoms with Gasteiger partial charge in [-0.25, -0.2) is 8.42 Å². The Hall–Kier alpha value is -1.08. The molecular formula is C10H18N4O2S. The maximum atomic E-state index is 12.4. The smallest absolute Gasteiger partial charge is 0.248 e. The first-order valence-electron chi connectivity index (χ1n) is 5.63. The normalized spacial score (nSPS) is 26.5. The van der Waals surface area contributed by atoms with Gasteiger partial charge in [0.05, 0.1) is 0 Å². The molecule has 1 aliphatic rings. The van der Waals surface area contributed by atoms with Gasteiger partial charge in [-0.3, -0.25) is 4.68 Å². The number of nitrogens with two attached hydrogens (primary N) is 1. The third-order valence-corrected chi connectivity index (χ3v) is 5.13. The molecule has 2 unspecified atom stereocenters. The van der Waals surface area contributed by atoms with Crippen LogP contribution in [0.2, 0.25) is 0 Å². The molecule has 6 nitrogen and oxygen atoms in total. The fourth-order valence-corrected chi connectivity index (χ4v) is 4.26. The highest BCUT2D eigenvalue weighted by Gasteiger charge is 2.37. The number of nitrogen functional groups attached to an aromatic ring is 1. The average Bonchev–Trinajstić information content (AvgIpc) is 2.70. The summed E-state index contributed by atoms with van der Waals surface area (Å²) < 4.78 is 27.8. The Labute approximate surface area is 101 Å². The van der Waals surface area contributed by atoms with E-state index in [1.807, 2.05) is 6.92 Å². The molecule has 1 aromatic heterocycles. The fraction of sp³-hybridized carbons (Fsp3) is 0.700. The lowest BCUT2D eigenvalue weighted by Crippen LogP contribution is -2.34. The summed E-state index contributed by atoms with van der Waals surface area (Å²) >= 11 is 0. The van der Waals surface area contributed by atoms with Crippen molar-refractivity contribution in [3.8, 4) is 0 Å². The van der Waals surface area contributed by atoms with Gasteiger partial charge < -0.3 is 5.73 Å². The van der Waals surface area contributed by atoms with Gasteiger partial charge in [0.1, 0.15) is 4.90 Å². The lowest BCUT2D eigenvalue weighted by molar-refractivity contribution is 0.406. The second-order valence-electron chi connectivity index (χ2n) is 4.82. The first-order chi connectivity index (χ1) is 7.82. The van der Waals surface area contributed by atoms with Crippen LogP contribution in [0, 0.1) is 5.92 Å². The number of anilines is 1. The molecule has 1 saturated heterocycles. The van der Waals surface area contributed by atoms with Crippen LogP contribution in [0.15, 0.2) is 11.1 Å². The van der Waals surface area contributed by atoms with Crippen molar-refractivity contribution in [3.05, 3.63) is 6.20 Å². The molecule has 0 aromatic carbocycles. The minimum Gasteiger partial charge on any atom is -0.381 e. The zero-order chi connectivity index (χ0) is 12.8. The quantitative estimate of drug-likeness (QED) is 0.833. The fourth-order valence-electron chi connectivity index (χ4n) is 2.41. The molecule has 0 saturated carbocycles. The molecule has 96 valence electrons. The first-order valence-corrected chi connectivity index (χ1v) is 7.07. The minimum absolute atomic E-state index is 0.0228. The topological polar surface area (TPSA) is 81.2 Å². The Balaban J connectivity index is 2.40. The van der Waals surface area contributed by atoms with Crippen LogP contribution in [0.25, 0.3) is 0 Å². The zero-order valence-corrected chi connectivity index (χ0v) is 11.1. The Kier molecular flexibility index (Phi) is 2.90.